The van der Waals surface area contributed by atoms with Gasteiger partial charge in [0.15, 0.2) is 6.10 Å². The zero-order valence-corrected chi connectivity index (χ0v) is 13.7. The molecule has 1 saturated heterocycles. The van der Waals surface area contributed by atoms with Crippen molar-refractivity contribution in [3.05, 3.63) is 29.0 Å². The molecule has 0 spiro atoms. The van der Waals surface area contributed by atoms with Crippen LogP contribution in [0.1, 0.15) is 20.3 Å². The van der Waals surface area contributed by atoms with Gasteiger partial charge in [-0.1, -0.05) is 18.5 Å². The first-order chi connectivity index (χ1) is 10.8. The van der Waals surface area contributed by atoms with E-state index < -0.39 is 23.8 Å². The molecular formula is C16H19ClFNO4. The molecule has 1 heterocycles. The highest BCUT2D eigenvalue weighted by molar-refractivity contribution is 6.32. The van der Waals surface area contributed by atoms with Crippen molar-refractivity contribution in [2.45, 2.75) is 26.4 Å². The summed E-state index contributed by atoms with van der Waals surface area (Å²) in [6, 6.07) is 3.67. The van der Waals surface area contributed by atoms with Crippen LogP contribution in [0.15, 0.2) is 18.2 Å². The first-order valence-electron chi connectivity index (χ1n) is 7.41. The van der Waals surface area contributed by atoms with Crippen molar-refractivity contribution in [1.82, 2.24) is 4.90 Å². The largest absolute Gasteiger partial charge is 0.481 e. The van der Waals surface area contributed by atoms with Crippen LogP contribution in [0.3, 0.4) is 0 Å². The fourth-order valence-electron chi connectivity index (χ4n) is 2.78. The average molecular weight is 344 g/mol. The van der Waals surface area contributed by atoms with Gasteiger partial charge in [-0.05, 0) is 37.5 Å². The Morgan fingerprint density at radius 2 is 2.13 bits per heavy atom. The third-order valence-corrected chi connectivity index (χ3v) is 4.16. The highest BCUT2D eigenvalue weighted by Crippen LogP contribution is 2.27. The molecule has 0 aliphatic carbocycles. The number of hydrogen-bond acceptors (Lipinski definition) is 3. The van der Waals surface area contributed by atoms with E-state index in [0.29, 0.717) is 13.0 Å². The molecule has 0 aromatic heterocycles. The standard InChI is InChI=1S/C16H19ClFNO4/c1-9-5-11(16(21)22)8-19(7-9)15(20)10(2)23-14-4-3-12(18)6-13(14)17/h3-4,6,9-11H,5,7-8H2,1-2H3,(H,21,22). The van der Waals surface area contributed by atoms with Gasteiger partial charge in [0, 0.05) is 13.1 Å². The van der Waals surface area contributed by atoms with Gasteiger partial charge in [-0.3, -0.25) is 9.59 Å². The highest BCUT2D eigenvalue weighted by atomic mass is 35.5. The minimum atomic E-state index is -0.899. The van der Waals surface area contributed by atoms with Crippen LogP contribution in [0.5, 0.6) is 5.75 Å². The van der Waals surface area contributed by atoms with Crippen LogP contribution < -0.4 is 4.74 Å². The van der Waals surface area contributed by atoms with Gasteiger partial charge in [-0.15, -0.1) is 0 Å². The maximum absolute atomic E-state index is 13.0. The van der Waals surface area contributed by atoms with E-state index in [2.05, 4.69) is 0 Å². The topological polar surface area (TPSA) is 66.8 Å². The van der Waals surface area contributed by atoms with E-state index in [1.165, 1.54) is 17.0 Å². The van der Waals surface area contributed by atoms with Gasteiger partial charge in [0.25, 0.3) is 5.91 Å². The van der Waals surface area contributed by atoms with E-state index in [1.54, 1.807) is 6.92 Å². The lowest BCUT2D eigenvalue weighted by Crippen LogP contribution is -2.49. The Morgan fingerprint density at radius 1 is 1.43 bits per heavy atom. The van der Waals surface area contributed by atoms with Crippen molar-refractivity contribution >= 4 is 23.5 Å². The SMILES string of the molecule is CC1CC(C(=O)O)CN(C(=O)C(C)Oc2ccc(F)cc2Cl)C1. The number of amides is 1. The minimum Gasteiger partial charge on any atom is -0.481 e. The number of likely N-dealkylation sites (tertiary alicyclic amines) is 1. The highest BCUT2D eigenvalue weighted by Gasteiger charge is 2.34. The number of ether oxygens (including phenoxy) is 1. The Balaban J connectivity index is 2.05. The Kier molecular flexibility index (Phi) is 5.46. The molecule has 5 nitrogen and oxygen atoms in total. The summed E-state index contributed by atoms with van der Waals surface area (Å²) in [6.07, 6.45) is -0.282. The van der Waals surface area contributed by atoms with Gasteiger partial charge in [-0.25, -0.2) is 4.39 Å². The summed E-state index contributed by atoms with van der Waals surface area (Å²) in [5.41, 5.74) is 0. The summed E-state index contributed by atoms with van der Waals surface area (Å²) < 4.78 is 18.5. The quantitative estimate of drug-likeness (QED) is 0.913. The molecule has 126 valence electrons. The molecule has 1 amide bonds. The lowest BCUT2D eigenvalue weighted by Gasteiger charge is -2.36. The second-order valence-electron chi connectivity index (χ2n) is 5.95. The summed E-state index contributed by atoms with van der Waals surface area (Å²) >= 11 is 5.88. The molecule has 3 atom stereocenters. The zero-order chi connectivity index (χ0) is 17.1. The second-order valence-corrected chi connectivity index (χ2v) is 6.36. The molecule has 1 aromatic rings. The summed E-state index contributed by atoms with van der Waals surface area (Å²) in [6.45, 7) is 4.14. The van der Waals surface area contributed by atoms with E-state index in [1.807, 2.05) is 6.92 Å². The number of rotatable bonds is 4. The van der Waals surface area contributed by atoms with E-state index in [4.69, 9.17) is 21.4 Å². The molecule has 1 aliphatic rings. The molecular weight excluding hydrogens is 325 g/mol. The summed E-state index contributed by atoms with van der Waals surface area (Å²) in [5.74, 6) is -1.93. The van der Waals surface area contributed by atoms with Gasteiger partial charge < -0.3 is 14.7 Å². The zero-order valence-electron chi connectivity index (χ0n) is 13.0. The molecule has 23 heavy (non-hydrogen) atoms. The molecule has 1 N–H and O–H groups in total. The van der Waals surface area contributed by atoms with Gasteiger partial charge >= 0.3 is 5.97 Å². The Morgan fingerprint density at radius 3 is 2.74 bits per heavy atom. The fourth-order valence-corrected chi connectivity index (χ4v) is 2.99. The van der Waals surface area contributed by atoms with Crippen LogP contribution in [-0.2, 0) is 9.59 Å². The minimum absolute atomic E-state index is 0.0834. The van der Waals surface area contributed by atoms with E-state index in [-0.39, 0.29) is 29.1 Å². The Bertz CT molecular complexity index is 610. The number of carboxylic acids is 1. The van der Waals surface area contributed by atoms with Crippen molar-refractivity contribution in [2.75, 3.05) is 13.1 Å². The molecule has 0 radical (unpaired) electrons. The second kappa shape index (κ2) is 7.17. The monoisotopic (exact) mass is 343 g/mol. The number of carboxylic acid groups (broad SMARTS) is 1. The van der Waals surface area contributed by atoms with Gasteiger partial charge in [-0.2, -0.15) is 0 Å². The maximum Gasteiger partial charge on any atom is 0.308 e. The molecule has 1 aliphatic heterocycles. The molecule has 7 heteroatoms. The Hall–Kier alpha value is -1.82. The summed E-state index contributed by atoms with van der Waals surface area (Å²) in [5, 5.41) is 9.25. The number of piperidine rings is 1. The maximum atomic E-state index is 13.0. The lowest BCUT2D eigenvalue weighted by atomic mass is 9.90. The molecule has 3 unspecified atom stereocenters. The molecule has 2 rings (SSSR count). The predicted octanol–water partition coefficient (Wildman–Crippen LogP) is 2.82. The average Bonchev–Trinajstić information content (AvgIpc) is 2.48. The molecule has 0 bridgehead atoms. The number of carbonyl (C=O) groups is 2. The smallest absolute Gasteiger partial charge is 0.308 e. The van der Waals surface area contributed by atoms with Crippen LogP contribution in [-0.4, -0.2) is 41.1 Å². The number of benzene rings is 1. The van der Waals surface area contributed by atoms with E-state index in [0.717, 1.165) is 6.07 Å². The van der Waals surface area contributed by atoms with Crippen molar-refractivity contribution < 1.29 is 23.8 Å². The van der Waals surface area contributed by atoms with Gasteiger partial charge in [0.05, 0.1) is 10.9 Å². The van der Waals surface area contributed by atoms with Crippen molar-refractivity contribution in [2.24, 2.45) is 11.8 Å². The van der Waals surface area contributed by atoms with Crippen LogP contribution in [0, 0.1) is 17.7 Å². The van der Waals surface area contributed by atoms with E-state index in [9.17, 15) is 14.0 Å². The number of nitrogens with zero attached hydrogens (tertiary/aromatic N) is 1. The van der Waals surface area contributed by atoms with Crippen molar-refractivity contribution in [3.63, 3.8) is 0 Å². The fraction of sp³-hybridized carbons (Fsp3) is 0.500. The lowest BCUT2D eigenvalue weighted by molar-refractivity contribution is -0.149. The normalized spacial score (nSPS) is 22.5. The van der Waals surface area contributed by atoms with Gasteiger partial charge in [0.1, 0.15) is 11.6 Å². The van der Waals surface area contributed by atoms with Crippen LogP contribution >= 0.6 is 11.6 Å². The number of halogens is 2. The molecule has 1 fully saturated rings. The third kappa shape index (κ3) is 4.34. The number of aliphatic carboxylic acids is 1. The van der Waals surface area contributed by atoms with Crippen LogP contribution in [0.2, 0.25) is 5.02 Å². The first kappa shape index (κ1) is 17.5. The predicted molar refractivity (Wildman–Crippen MR) is 83.0 cm³/mol. The number of carbonyl (C=O) groups excluding carboxylic acids is 1. The third-order valence-electron chi connectivity index (χ3n) is 3.87. The first-order valence-corrected chi connectivity index (χ1v) is 7.79. The molecule has 0 saturated carbocycles. The van der Waals surface area contributed by atoms with Crippen LogP contribution in [0.25, 0.3) is 0 Å². The van der Waals surface area contributed by atoms with Crippen molar-refractivity contribution in [3.8, 4) is 5.75 Å². The van der Waals surface area contributed by atoms with Crippen molar-refractivity contribution in [1.29, 1.82) is 0 Å². The van der Waals surface area contributed by atoms with E-state index >= 15 is 0 Å². The molecule has 1 aromatic carbocycles. The summed E-state index contributed by atoms with van der Waals surface area (Å²) in [4.78, 5) is 25.2. The summed E-state index contributed by atoms with van der Waals surface area (Å²) in [7, 11) is 0. The number of hydrogen-bond donors (Lipinski definition) is 1. The Labute approximate surface area is 139 Å². The van der Waals surface area contributed by atoms with Gasteiger partial charge in [0.2, 0.25) is 0 Å². The van der Waals surface area contributed by atoms with Crippen LogP contribution in [0.4, 0.5) is 4.39 Å².